The van der Waals surface area contributed by atoms with Gasteiger partial charge in [-0.15, -0.1) is 0 Å². The fourth-order valence-corrected chi connectivity index (χ4v) is 2.59. The van der Waals surface area contributed by atoms with Gasteiger partial charge < -0.3 is 5.32 Å². The van der Waals surface area contributed by atoms with E-state index in [-0.39, 0.29) is 11.2 Å². The van der Waals surface area contributed by atoms with Crippen molar-refractivity contribution in [2.24, 2.45) is 0 Å². The molecule has 0 saturated carbocycles. The van der Waals surface area contributed by atoms with E-state index in [1.54, 1.807) is 6.07 Å². The lowest BCUT2D eigenvalue weighted by Crippen LogP contribution is -2.13. The number of nitrogens with zero attached hydrogens (tertiary/aromatic N) is 2. The highest BCUT2D eigenvalue weighted by Gasteiger charge is 2.19. The predicted octanol–water partition coefficient (Wildman–Crippen LogP) is 4.35. The van der Waals surface area contributed by atoms with Gasteiger partial charge in [0.15, 0.2) is 0 Å². The summed E-state index contributed by atoms with van der Waals surface area (Å²) >= 11 is 4.73. The highest BCUT2D eigenvalue weighted by molar-refractivity contribution is 9.10. The minimum Gasteiger partial charge on any atom is -0.356 e. The summed E-state index contributed by atoms with van der Waals surface area (Å²) in [5.74, 6) is 0.575. The zero-order valence-electron chi connectivity index (χ0n) is 11.0. The number of halogens is 2. The van der Waals surface area contributed by atoms with Crippen LogP contribution >= 0.6 is 27.5 Å². The van der Waals surface area contributed by atoms with Gasteiger partial charge in [-0.05, 0) is 23.8 Å². The Balaban J connectivity index is 2.06. The Morgan fingerprint density at radius 3 is 2.74 bits per heavy atom. The van der Waals surface area contributed by atoms with E-state index in [4.69, 9.17) is 0 Å². The summed E-state index contributed by atoms with van der Waals surface area (Å²) in [6.07, 6.45) is 0. The topological polar surface area (TPSA) is 37.8 Å². The van der Waals surface area contributed by atoms with Crippen molar-refractivity contribution in [2.45, 2.75) is 32.7 Å². The number of benzene rings is 1. The first-order valence-electron chi connectivity index (χ1n) is 5.88. The fraction of sp³-hybridized carbons (Fsp3) is 0.385. The molecule has 0 aliphatic heterocycles. The third kappa shape index (κ3) is 3.73. The zero-order valence-corrected chi connectivity index (χ0v) is 13.4. The molecule has 0 aliphatic carbocycles. The summed E-state index contributed by atoms with van der Waals surface area (Å²) in [7, 11) is 0. The van der Waals surface area contributed by atoms with Gasteiger partial charge in [-0.2, -0.15) is 4.37 Å². The van der Waals surface area contributed by atoms with Crippen LogP contribution in [0, 0.1) is 5.82 Å². The Morgan fingerprint density at radius 2 is 2.11 bits per heavy atom. The molecule has 0 saturated heterocycles. The predicted molar refractivity (Wildman–Crippen MR) is 80.0 cm³/mol. The molecule has 102 valence electrons. The van der Waals surface area contributed by atoms with Crippen molar-refractivity contribution in [1.29, 1.82) is 0 Å². The Kier molecular flexibility index (Phi) is 4.20. The van der Waals surface area contributed by atoms with Crippen molar-refractivity contribution in [2.75, 3.05) is 5.32 Å². The zero-order chi connectivity index (χ0) is 14.0. The molecule has 0 fully saturated rings. The van der Waals surface area contributed by atoms with Crippen molar-refractivity contribution in [3.05, 3.63) is 39.9 Å². The molecule has 0 spiro atoms. The van der Waals surface area contributed by atoms with E-state index in [0.29, 0.717) is 6.54 Å². The highest BCUT2D eigenvalue weighted by atomic mass is 79.9. The molecule has 0 unspecified atom stereocenters. The standard InChI is InChI=1S/C13H15BrFN3S/c1-13(2,3)11-17-12(19-18-11)16-7-8-6-9(15)4-5-10(8)14/h4-6H,7H2,1-3H3,(H,16,17,18). The molecule has 0 bridgehead atoms. The van der Waals surface area contributed by atoms with Gasteiger partial charge in [0.1, 0.15) is 11.6 Å². The average Bonchev–Trinajstić information content (AvgIpc) is 2.79. The van der Waals surface area contributed by atoms with Gasteiger partial charge in [0.05, 0.1) is 0 Å². The molecule has 2 rings (SSSR count). The van der Waals surface area contributed by atoms with Crippen LogP contribution in [0.2, 0.25) is 0 Å². The van der Waals surface area contributed by atoms with Crippen LogP contribution in [-0.2, 0) is 12.0 Å². The number of aromatic nitrogens is 2. The van der Waals surface area contributed by atoms with Gasteiger partial charge in [-0.3, -0.25) is 0 Å². The molecule has 1 heterocycles. The van der Waals surface area contributed by atoms with Crippen molar-refractivity contribution in [3.8, 4) is 0 Å². The van der Waals surface area contributed by atoms with E-state index < -0.39 is 0 Å². The van der Waals surface area contributed by atoms with E-state index in [0.717, 1.165) is 21.0 Å². The van der Waals surface area contributed by atoms with Crippen LogP contribution in [0.1, 0.15) is 32.2 Å². The van der Waals surface area contributed by atoms with Gasteiger partial charge >= 0.3 is 0 Å². The van der Waals surface area contributed by atoms with Crippen molar-refractivity contribution < 1.29 is 4.39 Å². The summed E-state index contributed by atoms with van der Waals surface area (Å²) in [6, 6.07) is 4.63. The fourth-order valence-electron chi connectivity index (χ4n) is 1.45. The van der Waals surface area contributed by atoms with Crippen LogP contribution in [0.25, 0.3) is 0 Å². The number of nitrogens with one attached hydrogen (secondary N) is 1. The first-order chi connectivity index (χ1) is 8.86. The summed E-state index contributed by atoms with van der Waals surface area (Å²) in [5, 5.41) is 3.92. The largest absolute Gasteiger partial charge is 0.356 e. The van der Waals surface area contributed by atoms with Crippen molar-refractivity contribution in [1.82, 2.24) is 9.36 Å². The quantitative estimate of drug-likeness (QED) is 0.900. The SMILES string of the molecule is CC(C)(C)c1nsc(NCc2cc(F)ccc2Br)n1. The van der Waals surface area contributed by atoms with Gasteiger partial charge in [0.25, 0.3) is 0 Å². The molecular weight excluding hydrogens is 329 g/mol. The summed E-state index contributed by atoms with van der Waals surface area (Å²) in [6.45, 7) is 6.73. The maximum absolute atomic E-state index is 13.2. The number of rotatable bonds is 3. The van der Waals surface area contributed by atoms with E-state index in [2.05, 4.69) is 51.4 Å². The van der Waals surface area contributed by atoms with Gasteiger partial charge in [-0.25, -0.2) is 9.37 Å². The lowest BCUT2D eigenvalue weighted by atomic mass is 9.96. The Bertz CT molecular complexity index is 578. The van der Waals surface area contributed by atoms with E-state index in [1.807, 2.05) is 0 Å². The molecule has 19 heavy (non-hydrogen) atoms. The van der Waals surface area contributed by atoms with Gasteiger partial charge in [0, 0.05) is 28.0 Å². The Hall–Kier alpha value is -1.01. The van der Waals surface area contributed by atoms with E-state index >= 15 is 0 Å². The van der Waals surface area contributed by atoms with E-state index in [9.17, 15) is 4.39 Å². The number of hydrogen-bond donors (Lipinski definition) is 1. The molecule has 1 aromatic carbocycles. The maximum atomic E-state index is 13.2. The molecule has 6 heteroatoms. The van der Waals surface area contributed by atoms with Crippen molar-refractivity contribution >= 4 is 32.6 Å². The molecule has 0 aliphatic rings. The molecule has 1 N–H and O–H groups in total. The van der Waals surface area contributed by atoms with E-state index in [1.165, 1.54) is 23.7 Å². The second kappa shape index (κ2) is 5.54. The summed E-state index contributed by atoms with van der Waals surface area (Å²) < 4.78 is 18.4. The van der Waals surface area contributed by atoms with Crippen LogP contribution < -0.4 is 5.32 Å². The molecule has 0 atom stereocenters. The smallest absolute Gasteiger partial charge is 0.202 e. The van der Waals surface area contributed by atoms with Gasteiger partial charge in [-0.1, -0.05) is 36.7 Å². The average molecular weight is 344 g/mol. The molecule has 1 aromatic heterocycles. The lowest BCUT2D eigenvalue weighted by molar-refractivity contribution is 0.555. The van der Waals surface area contributed by atoms with Crippen LogP contribution in [0.5, 0.6) is 0 Å². The van der Waals surface area contributed by atoms with Crippen LogP contribution in [-0.4, -0.2) is 9.36 Å². The second-order valence-corrected chi connectivity index (χ2v) is 6.87. The second-order valence-electron chi connectivity index (χ2n) is 5.26. The monoisotopic (exact) mass is 343 g/mol. The highest BCUT2D eigenvalue weighted by Crippen LogP contribution is 2.24. The van der Waals surface area contributed by atoms with Crippen LogP contribution in [0.4, 0.5) is 9.52 Å². The first kappa shape index (κ1) is 14.4. The van der Waals surface area contributed by atoms with Gasteiger partial charge in [0.2, 0.25) is 5.13 Å². The molecule has 0 amide bonds. The summed E-state index contributed by atoms with van der Waals surface area (Å²) in [4.78, 5) is 4.44. The van der Waals surface area contributed by atoms with Crippen molar-refractivity contribution in [3.63, 3.8) is 0 Å². The normalized spacial score (nSPS) is 11.6. The number of hydrogen-bond acceptors (Lipinski definition) is 4. The number of anilines is 1. The lowest BCUT2D eigenvalue weighted by Gasteiger charge is -2.12. The molecule has 2 aromatic rings. The molecular formula is C13H15BrFN3S. The first-order valence-corrected chi connectivity index (χ1v) is 7.45. The minimum absolute atomic E-state index is 0.0597. The third-order valence-electron chi connectivity index (χ3n) is 2.53. The van der Waals surface area contributed by atoms with Crippen LogP contribution in [0.3, 0.4) is 0 Å². The minimum atomic E-state index is -0.243. The Morgan fingerprint density at radius 1 is 1.37 bits per heavy atom. The maximum Gasteiger partial charge on any atom is 0.202 e. The molecule has 3 nitrogen and oxygen atoms in total. The van der Waals surface area contributed by atoms with Crippen LogP contribution in [0.15, 0.2) is 22.7 Å². The third-order valence-corrected chi connectivity index (χ3v) is 3.98. The summed E-state index contributed by atoms with van der Waals surface area (Å²) in [5.41, 5.74) is 0.795. The molecule has 0 radical (unpaired) electrons. The Labute approximate surface area is 124 Å².